The maximum atomic E-state index is 13.5. The molecule has 1 aliphatic rings. The van der Waals surface area contributed by atoms with E-state index in [1.54, 1.807) is 72.8 Å². The minimum atomic E-state index is -0.987. The van der Waals surface area contributed by atoms with Gasteiger partial charge in [-0.1, -0.05) is 50.2 Å². The summed E-state index contributed by atoms with van der Waals surface area (Å²) in [7, 11) is 1.50. The highest BCUT2D eigenvalue weighted by atomic mass is 16.5. The fraction of sp³-hybridized carbons (Fsp3) is 0.233. The normalized spacial score (nSPS) is 16.6. The van der Waals surface area contributed by atoms with Crippen molar-refractivity contribution < 1.29 is 29.0 Å². The molecule has 1 atom stereocenters. The number of hydrogen-bond donors (Lipinski definition) is 2. The average Bonchev–Trinajstić information content (AvgIpc) is 3.16. The lowest BCUT2D eigenvalue weighted by molar-refractivity contribution is -0.132. The first-order chi connectivity index (χ1) is 18.2. The Hall–Kier alpha value is -4.59. The van der Waals surface area contributed by atoms with Crippen LogP contribution in [-0.2, 0) is 14.4 Å². The summed E-state index contributed by atoms with van der Waals surface area (Å²) in [4.78, 5) is 39.9. The van der Waals surface area contributed by atoms with Crippen LogP contribution in [0.5, 0.6) is 11.5 Å². The number of ether oxygens (including phenoxy) is 2. The number of carbonyl (C=O) groups excluding carboxylic acids is 3. The average molecular weight is 515 g/mol. The molecule has 0 spiro atoms. The van der Waals surface area contributed by atoms with E-state index in [2.05, 4.69) is 5.32 Å². The first-order valence-corrected chi connectivity index (χ1v) is 12.3. The molecule has 0 saturated carbocycles. The summed E-state index contributed by atoms with van der Waals surface area (Å²) >= 11 is 0. The van der Waals surface area contributed by atoms with Crippen LogP contribution in [0.2, 0.25) is 0 Å². The summed E-state index contributed by atoms with van der Waals surface area (Å²) in [5.74, 6) is -0.959. The first-order valence-electron chi connectivity index (χ1n) is 12.3. The smallest absolute Gasteiger partial charge is 0.300 e. The van der Waals surface area contributed by atoms with Crippen molar-refractivity contribution in [2.75, 3.05) is 23.9 Å². The number of nitrogens with one attached hydrogen (secondary N) is 1. The van der Waals surface area contributed by atoms with Gasteiger partial charge in [-0.05, 0) is 42.3 Å². The number of ketones is 1. The highest BCUT2D eigenvalue weighted by Gasteiger charge is 2.48. The molecule has 38 heavy (non-hydrogen) atoms. The van der Waals surface area contributed by atoms with Gasteiger partial charge in [0.05, 0.1) is 25.3 Å². The number of nitrogens with zero attached hydrogens (tertiary/aromatic N) is 1. The number of anilines is 2. The van der Waals surface area contributed by atoms with E-state index in [1.807, 2.05) is 13.8 Å². The molecule has 3 aromatic carbocycles. The molecule has 2 N–H and O–H groups in total. The van der Waals surface area contributed by atoms with Crippen molar-refractivity contribution in [3.8, 4) is 11.5 Å². The van der Waals surface area contributed by atoms with E-state index < -0.39 is 17.7 Å². The van der Waals surface area contributed by atoms with E-state index >= 15 is 0 Å². The quantitative estimate of drug-likeness (QED) is 0.240. The zero-order chi connectivity index (χ0) is 27.4. The van der Waals surface area contributed by atoms with Gasteiger partial charge in [-0.25, -0.2) is 0 Å². The van der Waals surface area contributed by atoms with Gasteiger partial charge in [0.25, 0.3) is 11.7 Å². The largest absolute Gasteiger partial charge is 0.507 e. The van der Waals surface area contributed by atoms with Gasteiger partial charge in [0.1, 0.15) is 17.3 Å². The Morgan fingerprint density at radius 3 is 2.47 bits per heavy atom. The Labute approximate surface area is 221 Å². The van der Waals surface area contributed by atoms with Crippen molar-refractivity contribution in [2.24, 2.45) is 5.92 Å². The fourth-order valence-electron chi connectivity index (χ4n) is 4.37. The van der Waals surface area contributed by atoms with Gasteiger partial charge in [-0.15, -0.1) is 0 Å². The second-order valence-electron chi connectivity index (χ2n) is 9.38. The number of aliphatic hydroxyl groups is 1. The molecule has 8 nitrogen and oxygen atoms in total. The van der Waals surface area contributed by atoms with Crippen molar-refractivity contribution >= 4 is 34.7 Å². The Bertz CT molecular complexity index is 1410. The first kappa shape index (κ1) is 26.5. The molecule has 1 aliphatic heterocycles. The molecule has 1 fully saturated rings. The summed E-state index contributed by atoms with van der Waals surface area (Å²) in [6, 6.07) is 19.4. The van der Waals surface area contributed by atoms with Crippen molar-refractivity contribution in [2.45, 2.75) is 26.8 Å². The van der Waals surface area contributed by atoms with E-state index in [-0.39, 0.29) is 17.2 Å². The molecule has 1 saturated heterocycles. The predicted octanol–water partition coefficient (Wildman–Crippen LogP) is 5.31. The number of amides is 2. The molecule has 196 valence electrons. The SMILES string of the molecule is COc1ccccc1C1/C(=C(\O)c2cccc(OCC(C)C)c2)C(=O)C(=O)N1c1cccc(NC(C)=O)c1. The Balaban J connectivity index is 1.90. The summed E-state index contributed by atoms with van der Waals surface area (Å²) in [5.41, 5.74) is 1.63. The monoisotopic (exact) mass is 514 g/mol. The molecular weight excluding hydrogens is 484 g/mol. The molecule has 0 aliphatic carbocycles. The molecule has 0 bridgehead atoms. The molecule has 1 unspecified atom stereocenters. The van der Waals surface area contributed by atoms with Crippen LogP contribution in [0.3, 0.4) is 0 Å². The maximum Gasteiger partial charge on any atom is 0.300 e. The van der Waals surface area contributed by atoms with Gasteiger partial charge in [-0.3, -0.25) is 19.3 Å². The van der Waals surface area contributed by atoms with E-state index in [0.29, 0.717) is 46.5 Å². The molecule has 8 heteroatoms. The van der Waals surface area contributed by atoms with Gasteiger partial charge in [0, 0.05) is 29.4 Å². The molecule has 0 radical (unpaired) electrons. The number of carbonyl (C=O) groups is 3. The number of methoxy groups -OCH3 is 1. The van der Waals surface area contributed by atoms with Gasteiger partial charge < -0.3 is 19.9 Å². The minimum Gasteiger partial charge on any atom is -0.507 e. The van der Waals surface area contributed by atoms with Crippen LogP contribution in [0.4, 0.5) is 11.4 Å². The third-order valence-corrected chi connectivity index (χ3v) is 6.01. The van der Waals surface area contributed by atoms with E-state index in [4.69, 9.17) is 9.47 Å². The van der Waals surface area contributed by atoms with Crippen LogP contribution in [0.25, 0.3) is 5.76 Å². The molecular formula is C30H30N2O6. The molecule has 3 aromatic rings. The fourth-order valence-corrected chi connectivity index (χ4v) is 4.37. The highest BCUT2D eigenvalue weighted by molar-refractivity contribution is 6.51. The maximum absolute atomic E-state index is 13.5. The van der Waals surface area contributed by atoms with Crippen LogP contribution in [-0.4, -0.2) is 36.4 Å². The molecule has 0 aromatic heterocycles. The van der Waals surface area contributed by atoms with Crippen molar-refractivity contribution in [3.63, 3.8) is 0 Å². The van der Waals surface area contributed by atoms with Crippen LogP contribution < -0.4 is 19.7 Å². The van der Waals surface area contributed by atoms with Gasteiger partial charge in [0.15, 0.2) is 0 Å². The number of rotatable bonds is 8. The van der Waals surface area contributed by atoms with E-state index in [9.17, 15) is 19.5 Å². The molecule has 4 rings (SSSR count). The summed E-state index contributed by atoms with van der Waals surface area (Å²) in [5, 5.41) is 14.2. The van der Waals surface area contributed by atoms with Gasteiger partial charge in [-0.2, -0.15) is 0 Å². The number of hydrogen-bond acceptors (Lipinski definition) is 6. The van der Waals surface area contributed by atoms with E-state index in [1.165, 1.54) is 18.9 Å². The Morgan fingerprint density at radius 1 is 1.03 bits per heavy atom. The Morgan fingerprint density at radius 2 is 1.76 bits per heavy atom. The van der Waals surface area contributed by atoms with Crippen LogP contribution in [0.15, 0.2) is 78.4 Å². The van der Waals surface area contributed by atoms with Crippen LogP contribution in [0, 0.1) is 5.92 Å². The second-order valence-corrected chi connectivity index (χ2v) is 9.38. The number of Topliss-reactive ketones (excluding diaryl/α,β-unsaturated/α-hetero) is 1. The predicted molar refractivity (Wildman–Crippen MR) is 145 cm³/mol. The third-order valence-electron chi connectivity index (χ3n) is 6.01. The summed E-state index contributed by atoms with van der Waals surface area (Å²) in [6.45, 7) is 5.92. The zero-order valence-electron chi connectivity index (χ0n) is 21.7. The standard InChI is InChI=1S/C30H30N2O6/c1-18(2)17-38-23-12-7-9-20(15-23)28(34)26-27(24-13-5-6-14-25(24)37-4)32(30(36)29(26)35)22-11-8-10-21(16-22)31-19(3)33/h5-16,18,27,34H,17H2,1-4H3,(H,31,33)/b28-26+. The second kappa shape index (κ2) is 11.2. The number of aliphatic hydroxyl groups excluding tert-OH is 1. The Kier molecular flexibility index (Phi) is 7.81. The zero-order valence-corrected chi connectivity index (χ0v) is 21.7. The topological polar surface area (TPSA) is 105 Å². The van der Waals surface area contributed by atoms with E-state index in [0.717, 1.165) is 0 Å². The van der Waals surface area contributed by atoms with Gasteiger partial charge >= 0.3 is 0 Å². The minimum absolute atomic E-state index is 0.0783. The lowest BCUT2D eigenvalue weighted by Crippen LogP contribution is -2.29. The number of para-hydroxylation sites is 1. The summed E-state index contributed by atoms with van der Waals surface area (Å²) < 4.78 is 11.4. The molecule has 1 heterocycles. The van der Waals surface area contributed by atoms with Crippen LogP contribution in [0.1, 0.15) is 37.9 Å². The third kappa shape index (κ3) is 5.39. The lowest BCUT2D eigenvalue weighted by Gasteiger charge is -2.27. The molecule has 2 amide bonds. The van der Waals surface area contributed by atoms with Crippen molar-refractivity contribution in [1.82, 2.24) is 0 Å². The van der Waals surface area contributed by atoms with Crippen LogP contribution >= 0.6 is 0 Å². The van der Waals surface area contributed by atoms with Gasteiger partial charge in [0.2, 0.25) is 5.91 Å². The lowest BCUT2D eigenvalue weighted by atomic mass is 9.94. The summed E-state index contributed by atoms with van der Waals surface area (Å²) in [6.07, 6.45) is 0. The van der Waals surface area contributed by atoms with Crippen molar-refractivity contribution in [1.29, 1.82) is 0 Å². The highest BCUT2D eigenvalue weighted by Crippen LogP contribution is 2.45. The van der Waals surface area contributed by atoms with Crippen molar-refractivity contribution in [3.05, 3.63) is 89.5 Å². The number of benzene rings is 3.